The molecule has 0 aliphatic carbocycles. The van der Waals surface area contributed by atoms with Gasteiger partial charge in [0, 0.05) is 12.0 Å². The number of nitrogens with zero attached hydrogens (tertiary/aromatic N) is 6. The Balaban J connectivity index is 1.28. The van der Waals surface area contributed by atoms with E-state index in [1.807, 2.05) is 50.2 Å². The predicted molar refractivity (Wildman–Crippen MR) is 148 cm³/mol. The molecule has 6 rings (SSSR count). The average molecular weight is 555 g/mol. The first kappa shape index (κ1) is 26.3. The number of halogens is 1. The molecule has 0 radical (unpaired) electrons. The highest BCUT2D eigenvalue weighted by atomic mass is 19.1. The van der Waals surface area contributed by atoms with Crippen molar-refractivity contribution in [2.75, 3.05) is 18.6 Å². The van der Waals surface area contributed by atoms with Crippen molar-refractivity contribution in [3.63, 3.8) is 0 Å². The van der Waals surface area contributed by atoms with E-state index in [0.717, 1.165) is 38.9 Å². The van der Waals surface area contributed by atoms with Crippen molar-refractivity contribution in [2.45, 2.75) is 38.4 Å². The Morgan fingerprint density at radius 2 is 1.80 bits per heavy atom. The van der Waals surface area contributed by atoms with E-state index < -0.39 is 41.7 Å². The summed E-state index contributed by atoms with van der Waals surface area (Å²) in [4.78, 5) is 41.0. The molecule has 3 atom stereocenters. The van der Waals surface area contributed by atoms with Gasteiger partial charge in [0.05, 0.1) is 24.6 Å². The maximum atomic E-state index is 13.8. The molecule has 3 aliphatic heterocycles. The van der Waals surface area contributed by atoms with E-state index in [2.05, 4.69) is 16.4 Å². The standard InChI is InChI=1S/C30H27FN6O4/c1-17-7-12-23(18(2)13-17)24-15-25(19-8-10-22(41-3)11-9-19)37(33-24)26(38)16-35-28-27(32-34-35)29(39)36(30(28)40)21-6-4-5-20(31)14-21/h4-14,25,27-28H,15-16H2,1-3H3/t25-,27+,28+/m0/s1. The number of fused-ring (bicyclic) bond motifs is 1. The first-order valence-corrected chi connectivity index (χ1v) is 13.2. The van der Waals surface area contributed by atoms with E-state index in [1.54, 1.807) is 7.11 Å². The SMILES string of the molecule is COc1ccc([C@@H]2CC(c3ccc(C)cc3C)=NN2C(=O)CN2N=N[C@H]3C(=O)N(c4cccc(F)c4)C(=O)[C@@H]32)cc1. The lowest BCUT2D eigenvalue weighted by atomic mass is 9.95. The van der Waals surface area contributed by atoms with E-state index >= 15 is 0 Å². The van der Waals surface area contributed by atoms with Gasteiger partial charge in [-0.25, -0.2) is 14.3 Å². The number of aryl methyl sites for hydroxylation is 2. The fourth-order valence-corrected chi connectivity index (χ4v) is 5.56. The van der Waals surface area contributed by atoms with E-state index in [-0.39, 0.29) is 12.2 Å². The average Bonchev–Trinajstić information content (AvgIpc) is 3.64. The zero-order valence-corrected chi connectivity index (χ0v) is 22.7. The van der Waals surface area contributed by atoms with Crippen LogP contribution in [0.3, 0.4) is 0 Å². The second kappa shape index (κ2) is 10.2. The molecule has 1 fully saturated rings. The van der Waals surface area contributed by atoms with Gasteiger partial charge < -0.3 is 4.74 Å². The lowest BCUT2D eigenvalue weighted by molar-refractivity contribution is -0.135. The highest BCUT2D eigenvalue weighted by molar-refractivity contribution is 6.25. The summed E-state index contributed by atoms with van der Waals surface area (Å²) in [5.74, 6) is -1.52. The van der Waals surface area contributed by atoms with Crippen LogP contribution in [0.15, 0.2) is 82.2 Å². The molecular formula is C30H27FN6O4. The lowest BCUT2D eigenvalue weighted by Gasteiger charge is -2.25. The first-order chi connectivity index (χ1) is 19.7. The van der Waals surface area contributed by atoms with E-state index in [4.69, 9.17) is 9.84 Å². The summed E-state index contributed by atoms with van der Waals surface area (Å²) in [7, 11) is 1.59. The monoisotopic (exact) mass is 554 g/mol. The van der Waals surface area contributed by atoms with Crippen molar-refractivity contribution in [3.8, 4) is 5.75 Å². The molecule has 0 unspecified atom stereocenters. The van der Waals surface area contributed by atoms with Crippen LogP contribution in [0, 0.1) is 19.7 Å². The quantitative estimate of drug-likeness (QED) is 0.426. The molecule has 10 nitrogen and oxygen atoms in total. The van der Waals surface area contributed by atoms with Gasteiger partial charge in [0.2, 0.25) is 0 Å². The highest BCUT2D eigenvalue weighted by Crippen LogP contribution is 2.36. The molecule has 3 amide bonds. The Hall–Kier alpha value is -4.93. The van der Waals surface area contributed by atoms with Gasteiger partial charge in [-0.1, -0.05) is 47.2 Å². The molecule has 0 N–H and O–H groups in total. The minimum atomic E-state index is -1.11. The summed E-state index contributed by atoms with van der Waals surface area (Å²) < 4.78 is 19.1. The molecule has 3 heterocycles. The smallest absolute Gasteiger partial charge is 0.264 e. The molecule has 3 aromatic carbocycles. The van der Waals surface area contributed by atoms with Gasteiger partial charge in [-0.15, -0.1) is 0 Å². The molecule has 208 valence electrons. The Morgan fingerprint density at radius 3 is 2.51 bits per heavy atom. The number of imide groups is 1. The Kier molecular flexibility index (Phi) is 6.56. The van der Waals surface area contributed by atoms with Gasteiger partial charge in [-0.3, -0.25) is 19.4 Å². The predicted octanol–water partition coefficient (Wildman–Crippen LogP) is 4.12. The first-order valence-electron chi connectivity index (χ1n) is 13.2. The van der Waals surface area contributed by atoms with Crippen molar-refractivity contribution in [2.24, 2.45) is 15.4 Å². The van der Waals surface area contributed by atoms with E-state index in [9.17, 15) is 18.8 Å². The van der Waals surface area contributed by atoms with Gasteiger partial charge in [-0.2, -0.15) is 10.2 Å². The van der Waals surface area contributed by atoms with Crippen molar-refractivity contribution >= 4 is 29.1 Å². The third-order valence-corrected chi connectivity index (χ3v) is 7.58. The number of benzene rings is 3. The van der Waals surface area contributed by atoms with Crippen LogP contribution >= 0.6 is 0 Å². The van der Waals surface area contributed by atoms with Crippen LogP contribution in [0.25, 0.3) is 0 Å². The van der Waals surface area contributed by atoms with Crippen LogP contribution in [-0.2, 0) is 14.4 Å². The number of anilines is 1. The largest absolute Gasteiger partial charge is 0.497 e. The molecular weight excluding hydrogens is 527 g/mol. The number of hydrogen-bond donors (Lipinski definition) is 0. The minimum Gasteiger partial charge on any atom is -0.497 e. The molecule has 3 aliphatic rings. The summed E-state index contributed by atoms with van der Waals surface area (Å²) in [6.07, 6.45) is 0.486. The Morgan fingerprint density at radius 1 is 1.02 bits per heavy atom. The Labute approximate surface area is 235 Å². The minimum absolute atomic E-state index is 0.109. The van der Waals surface area contributed by atoms with Gasteiger partial charge in [-0.05, 0) is 55.3 Å². The number of carbonyl (C=O) groups excluding carboxylic acids is 3. The molecule has 0 saturated carbocycles. The highest BCUT2D eigenvalue weighted by Gasteiger charge is 2.55. The number of amides is 3. The topological polar surface area (TPSA) is 107 Å². The molecule has 0 aromatic heterocycles. The lowest BCUT2D eigenvalue weighted by Crippen LogP contribution is -2.44. The molecule has 0 spiro atoms. The third kappa shape index (κ3) is 4.62. The molecule has 3 aromatic rings. The van der Waals surface area contributed by atoms with Crippen molar-refractivity contribution in [3.05, 3.63) is 94.8 Å². The summed E-state index contributed by atoms with van der Waals surface area (Å²) in [5.41, 5.74) is 4.87. The maximum Gasteiger partial charge on any atom is 0.264 e. The van der Waals surface area contributed by atoms with Crippen molar-refractivity contribution < 1.29 is 23.5 Å². The molecule has 11 heteroatoms. The van der Waals surface area contributed by atoms with Gasteiger partial charge in [0.25, 0.3) is 17.7 Å². The van der Waals surface area contributed by atoms with Crippen LogP contribution in [0.4, 0.5) is 10.1 Å². The van der Waals surface area contributed by atoms with Gasteiger partial charge in [0.15, 0.2) is 12.1 Å². The summed E-state index contributed by atoms with van der Waals surface area (Å²) in [5, 5.41) is 15.4. The summed E-state index contributed by atoms with van der Waals surface area (Å²) >= 11 is 0. The number of hydrazone groups is 1. The van der Waals surface area contributed by atoms with Crippen LogP contribution in [0.2, 0.25) is 0 Å². The fraction of sp³-hybridized carbons (Fsp3) is 0.267. The number of ether oxygens (including phenoxy) is 1. The normalized spacial score (nSPS) is 21.5. The van der Waals surface area contributed by atoms with Crippen molar-refractivity contribution in [1.82, 2.24) is 10.0 Å². The number of methoxy groups -OCH3 is 1. The second-order valence-electron chi connectivity index (χ2n) is 10.3. The molecule has 0 bridgehead atoms. The van der Waals surface area contributed by atoms with Crippen LogP contribution < -0.4 is 9.64 Å². The van der Waals surface area contributed by atoms with Crippen LogP contribution in [-0.4, -0.2) is 59.2 Å². The van der Waals surface area contributed by atoms with Crippen LogP contribution in [0.1, 0.15) is 34.7 Å². The third-order valence-electron chi connectivity index (χ3n) is 7.58. The Bertz CT molecular complexity index is 1620. The summed E-state index contributed by atoms with van der Waals surface area (Å²) in [6.45, 7) is 3.71. The van der Waals surface area contributed by atoms with Crippen molar-refractivity contribution in [1.29, 1.82) is 0 Å². The van der Waals surface area contributed by atoms with Crippen LogP contribution in [0.5, 0.6) is 5.75 Å². The maximum absolute atomic E-state index is 13.8. The van der Waals surface area contributed by atoms with E-state index in [1.165, 1.54) is 28.2 Å². The van der Waals surface area contributed by atoms with E-state index in [0.29, 0.717) is 12.2 Å². The summed E-state index contributed by atoms with van der Waals surface area (Å²) in [6, 6.07) is 16.2. The zero-order chi connectivity index (χ0) is 28.8. The van der Waals surface area contributed by atoms with Gasteiger partial charge in [0.1, 0.15) is 18.1 Å². The number of rotatable bonds is 6. The van der Waals surface area contributed by atoms with Gasteiger partial charge >= 0.3 is 0 Å². The molecule has 1 saturated heterocycles. The molecule has 41 heavy (non-hydrogen) atoms. The number of carbonyl (C=O) groups is 3. The second-order valence-corrected chi connectivity index (χ2v) is 10.3. The fourth-order valence-electron chi connectivity index (χ4n) is 5.56. The number of hydrogen-bond acceptors (Lipinski definition) is 8. The zero-order valence-electron chi connectivity index (χ0n) is 22.7.